The summed E-state index contributed by atoms with van der Waals surface area (Å²) in [7, 11) is 0. The monoisotopic (exact) mass is 225 g/mol. The maximum Gasteiger partial charge on any atom is 0.308 e. The molecular formula is C10H15N3O3. The van der Waals surface area contributed by atoms with Gasteiger partial charge in [-0.25, -0.2) is 0 Å². The average Bonchev–Trinajstić information content (AvgIpc) is 2.76. The van der Waals surface area contributed by atoms with Crippen LogP contribution in [0, 0.1) is 12.8 Å². The van der Waals surface area contributed by atoms with E-state index in [2.05, 4.69) is 15.0 Å². The van der Waals surface area contributed by atoms with E-state index in [4.69, 9.17) is 9.63 Å². The second kappa shape index (κ2) is 4.21. The van der Waals surface area contributed by atoms with Crippen LogP contribution in [0.1, 0.15) is 25.1 Å². The van der Waals surface area contributed by atoms with E-state index in [1.165, 1.54) is 0 Å². The van der Waals surface area contributed by atoms with E-state index in [1.54, 1.807) is 6.92 Å². The van der Waals surface area contributed by atoms with E-state index in [0.717, 1.165) is 6.54 Å². The number of carboxylic acid groups (broad SMARTS) is 1. The quantitative estimate of drug-likeness (QED) is 0.814. The highest BCUT2D eigenvalue weighted by atomic mass is 16.5. The lowest BCUT2D eigenvalue weighted by molar-refractivity contribution is -0.142. The van der Waals surface area contributed by atoms with Crippen molar-refractivity contribution < 1.29 is 14.4 Å². The highest BCUT2D eigenvalue weighted by Crippen LogP contribution is 2.25. The lowest BCUT2D eigenvalue weighted by atomic mass is 10.0. The third-order valence-corrected chi connectivity index (χ3v) is 3.11. The molecule has 0 bridgehead atoms. The van der Waals surface area contributed by atoms with Gasteiger partial charge in [0.15, 0.2) is 5.82 Å². The molecule has 1 aliphatic heterocycles. The molecule has 1 fully saturated rings. The molecule has 0 spiro atoms. The largest absolute Gasteiger partial charge is 0.481 e. The van der Waals surface area contributed by atoms with Crippen LogP contribution in [0.2, 0.25) is 0 Å². The van der Waals surface area contributed by atoms with Crippen molar-refractivity contribution in [3.63, 3.8) is 0 Å². The summed E-state index contributed by atoms with van der Waals surface area (Å²) in [6.45, 7) is 4.99. The van der Waals surface area contributed by atoms with Gasteiger partial charge in [-0.2, -0.15) is 4.98 Å². The number of nitrogens with zero attached hydrogens (tertiary/aromatic N) is 3. The van der Waals surface area contributed by atoms with E-state index >= 15 is 0 Å². The molecule has 1 N–H and O–H groups in total. The topological polar surface area (TPSA) is 79.5 Å². The van der Waals surface area contributed by atoms with Crippen LogP contribution in [0.5, 0.6) is 0 Å². The van der Waals surface area contributed by atoms with E-state index < -0.39 is 5.97 Å². The van der Waals surface area contributed by atoms with Gasteiger partial charge in [0.1, 0.15) is 0 Å². The van der Waals surface area contributed by atoms with Crippen molar-refractivity contribution in [3.05, 3.63) is 11.7 Å². The standard InChI is InChI=1S/C10H15N3O3/c1-6-8(10(14)15)3-4-13(6)5-9-11-7(2)12-16-9/h6,8H,3-5H2,1-2H3,(H,14,15). The first kappa shape index (κ1) is 11.1. The van der Waals surface area contributed by atoms with Crippen molar-refractivity contribution in [2.45, 2.75) is 32.9 Å². The summed E-state index contributed by atoms with van der Waals surface area (Å²) in [6, 6.07) is 0.0182. The Morgan fingerprint density at radius 3 is 2.94 bits per heavy atom. The number of rotatable bonds is 3. The van der Waals surface area contributed by atoms with Crippen LogP contribution in [0.15, 0.2) is 4.52 Å². The van der Waals surface area contributed by atoms with Gasteiger partial charge in [0, 0.05) is 6.04 Å². The predicted molar refractivity (Wildman–Crippen MR) is 54.6 cm³/mol. The van der Waals surface area contributed by atoms with Gasteiger partial charge in [-0.05, 0) is 26.8 Å². The van der Waals surface area contributed by atoms with Crippen LogP contribution in [-0.4, -0.2) is 38.7 Å². The fraction of sp³-hybridized carbons (Fsp3) is 0.700. The predicted octanol–water partition coefficient (Wildman–Crippen LogP) is 0.673. The van der Waals surface area contributed by atoms with E-state index in [1.807, 2.05) is 6.92 Å². The van der Waals surface area contributed by atoms with Gasteiger partial charge in [-0.1, -0.05) is 5.16 Å². The van der Waals surface area contributed by atoms with Crippen molar-refractivity contribution in [1.29, 1.82) is 0 Å². The highest BCUT2D eigenvalue weighted by Gasteiger charge is 2.36. The van der Waals surface area contributed by atoms with Gasteiger partial charge in [0.2, 0.25) is 5.89 Å². The van der Waals surface area contributed by atoms with Crippen molar-refractivity contribution in [2.75, 3.05) is 6.54 Å². The second-order valence-corrected chi connectivity index (χ2v) is 4.18. The number of aromatic nitrogens is 2. The summed E-state index contributed by atoms with van der Waals surface area (Å²) in [5, 5.41) is 12.7. The Morgan fingerprint density at radius 1 is 1.69 bits per heavy atom. The van der Waals surface area contributed by atoms with Crippen LogP contribution < -0.4 is 0 Å². The molecule has 1 aromatic heterocycles. The zero-order valence-corrected chi connectivity index (χ0v) is 9.38. The third kappa shape index (κ3) is 2.06. The minimum atomic E-state index is -0.725. The van der Waals surface area contributed by atoms with Gasteiger partial charge in [0.25, 0.3) is 0 Å². The van der Waals surface area contributed by atoms with Crippen LogP contribution in [-0.2, 0) is 11.3 Å². The van der Waals surface area contributed by atoms with Crippen molar-refractivity contribution in [3.8, 4) is 0 Å². The fourth-order valence-electron chi connectivity index (χ4n) is 2.14. The van der Waals surface area contributed by atoms with Gasteiger partial charge in [-0.15, -0.1) is 0 Å². The van der Waals surface area contributed by atoms with Crippen LogP contribution in [0.3, 0.4) is 0 Å². The van der Waals surface area contributed by atoms with Gasteiger partial charge < -0.3 is 9.63 Å². The highest BCUT2D eigenvalue weighted by molar-refractivity contribution is 5.71. The Bertz CT molecular complexity index is 390. The zero-order chi connectivity index (χ0) is 11.7. The van der Waals surface area contributed by atoms with E-state index in [0.29, 0.717) is 24.7 Å². The maximum atomic E-state index is 10.9. The third-order valence-electron chi connectivity index (χ3n) is 3.11. The van der Waals surface area contributed by atoms with Crippen LogP contribution in [0.25, 0.3) is 0 Å². The van der Waals surface area contributed by atoms with Crippen LogP contribution >= 0.6 is 0 Å². The Morgan fingerprint density at radius 2 is 2.44 bits per heavy atom. The molecule has 0 aromatic carbocycles. The van der Waals surface area contributed by atoms with Gasteiger partial charge >= 0.3 is 5.97 Å². The molecule has 88 valence electrons. The van der Waals surface area contributed by atoms with Crippen molar-refractivity contribution in [2.24, 2.45) is 5.92 Å². The Balaban J connectivity index is 2.00. The molecule has 2 rings (SSSR count). The SMILES string of the molecule is Cc1noc(CN2CCC(C(=O)O)C2C)n1. The Hall–Kier alpha value is -1.43. The molecule has 6 heteroatoms. The van der Waals surface area contributed by atoms with Gasteiger partial charge in [-0.3, -0.25) is 9.69 Å². The lowest BCUT2D eigenvalue weighted by Gasteiger charge is -2.20. The lowest BCUT2D eigenvalue weighted by Crippen LogP contribution is -2.32. The normalized spacial score (nSPS) is 26.1. The number of aryl methyl sites for hydroxylation is 1. The number of aliphatic carboxylic acids is 1. The van der Waals surface area contributed by atoms with Crippen molar-refractivity contribution in [1.82, 2.24) is 15.0 Å². The summed E-state index contributed by atoms with van der Waals surface area (Å²) in [6.07, 6.45) is 0.684. The number of carbonyl (C=O) groups is 1. The molecule has 1 aliphatic rings. The summed E-state index contributed by atoms with van der Waals surface area (Å²) in [4.78, 5) is 17.1. The molecule has 0 aliphatic carbocycles. The van der Waals surface area contributed by atoms with Gasteiger partial charge in [0.05, 0.1) is 12.5 Å². The van der Waals surface area contributed by atoms with E-state index in [9.17, 15) is 4.79 Å². The molecule has 0 saturated carbocycles. The summed E-state index contributed by atoms with van der Waals surface area (Å²) < 4.78 is 5.02. The number of hydrogen-bond donors (Lipinski definition) is 1. The first-order chi connectivity index (χ1) is 7.58. The fourth-order valence-corrected chi connectivity index (χ4v) is 2.14. The molecule has 2 unspecified atom stereocenters. The number of carboxylic acids is 1. The minimum absolute atomic E-state index is 0.0182. The van der Waals surface area contributed by atoms with Crippen LogP contribution in [0.4, 0.5) is 0 Å². The summed E-state index contributed by atoms with van der Waals surface area (Å²) >= 11 is 0. The number of hydrogen-bond acceptors (Lipinski definition) is 5. The zero-order valence-electron chi connectivity index (χ0n) is 9.38. The summed E-state index contributed by atoms with van der Waals surface area (Å²) in [5.74, 6) is 0.146. The molecule has 2 atom stereocenters. The molecule has 16 heavy (non-hydrogen) atoms. The Kier molecular flexibility index (Phi) is 2.91. The van der Waals surface area contributed by atoms with E-state index in [-0.39, 0.29) is 12.0 Å². The maximum absolute atomic E-state index is 10.9. The minimum Gasteiger partial charge on any atom is -0.481 e. The molecule has 2 heterocycles. The second-order valence-electron chi connectivity index (χ2n) is 4.18. The Labute approximate surface area is 93.2 Å². The molecule has 1 saturated heterocycles. The molecular weight excluding hydrogens is 210 g/mol. The molecule has 0 amide bonds. The summed E-state index contributed by atoms with van der Waals surface area (Å²) in [5.41, 5.74) is 0. The first-order valence-electron chi connectivity index (χ1n) is 5.34. The smallest absolute Gasteiger partial charge is 0.308 e. The number of likely N-dealkylation sites (tertiary alicyclic amines) is 1. The average molecular weight is 225 g/mol. The molecule has 1 aromatic rings. The van der Waals surface area contributed by atoms with Crippen molar-refractivity contribution >= 4 is 5.97 Å². The first-order valence-corrected chi connectivity index (χ1v) is 5.34. The molecule has 0 radical (unpaired) electrons. The molecule has 6 nitrogen and oxygen atoms in total.